The van der Waals surface area contributed by atoms with E-state index in [4.69, 9.17) is 0 Å². The summed E-state index contributed by atoms with van der Waals surface area (Å²) in [5.41, 5.74) is 0.799. The summed E-state index contributed by atoms with van der Waals surface area (Å²) in [4.78, 5) is 27.4. The zero-order valence-electron chi connectivity index (χ0n) is 17.1. The van der Waals surface area contributed by atoms with Gasteiger partial charge in [0.25, 0.3) is 5.91 Å². The van der Waals surface area contributed by atoms with Crippen molar-refractivity contribution in [2.45, 2.75) is 44.3 Å². The van der Waals surface area contributed by atoms with Crippen molar-refractivity contribution in [1.29, 1.82) is 0 Å². The fourth-order valence-corrected chi connectivity index (χ4v) is 4.54. The standard InChI is InChI=1S/C24H25F3N2O2/c25-24(26,27)18-11-9-16(10-12-18)20-7-3-4-8-21(20)22(30)28-19-13-14-29(15-19)23(31)17-5-1-2-6-17/h3-4,7-12,17,19H,1-2,5-6,13-15H2,(H,28,30). The van der Waals surface area contributed by atoms with Gasteiger partial charge in [0.05, 0.1) is 5.56 Å². The first-order valence-electron chi connectivity index (χ1n) is 10.7. The van der Waals surface area contributed by atoms with Crippen LogP contribution in [0.3, 0.4) is 0 Å². The minimum atomic E-state index is -4.40. The SMILES string of the molecule is O=C(NC1CCN(C(=O)C2CCCC2)C1)c1ccccc1-c1ccc(C(F)(F)F)cc1. The van der Waals surface area contributed by atoms with Crippen LogP contribution in [-0.2, 0) is 11.0 Å². The molecule has 1 saturated carbocycles. The van der Waals surface area contributed by atoms with Gasteiger partial charge in [0.2, 0.25) is 5.91 Å². The Hall–Kier alpha value is -2.83. The van der Waals surface area contributed by atoms with Crippen molar-refractivity contribution < 1.29 is 22.8 Å². The Bertz CT molecular complexity index is 950. The fourth-order valence-electron chi connectivity index (χ4n) is 4.54. The number of amides is 2. The van der Waals surface area contributed by atoms with Gasteiger partial charge in [-0.25, -0.2) is 0 Å². The molecule has 2 aromatic carbocycles. The van der Waals surface area contributed by atoms with Gasteiger partial charge >= 0.3 is 6.18 Å². The van der Waals surface area contributed by atoms with E-state index in [0.717, 1.165) is 37.8 Å². The molecular weight excluding hydrogens is 405 g/mol. The summed E-state index contributed by atoms with van der Waals surface area (Å²) < 4.78 is 38.6. The molecule has 7 heteroatoms. The first kappa shape index (κ1) is 21.4. The lowest BCUT2D eigenvalue weighted by molar-refractivity contribution is -0.137. The highest BCUT2D eigenvalue weighted by Crippen LogP contribution is 2.32. The molecular formula is C24H25F3N2O2. The number of alkyl halides is 3. The van der Waals surface area contributed by atoms with Crippen molar-refractivity contribution in [1.82, 2.24) is 10.2 Å². The Balaban J connectivity index is 1.44. The van der Waals surface area contributed by atoms with Crippen molar-refractivity contribution in [3.63, 3.8) is 0 Å². The normalized spacial score (nSPS) is 19.6. The van der Waals surface area contributed by atoms with Gasteiger partial charge in [-0.1, -0.05) is 43.2 Å². The first-order chi connectivity index (χ1) is 14.8. The largest absolute Gasteiger partial charge is 0.416 e. The van der Waals surface area contributed by atoms with Gasteiger partial charge in [-0.2, -0.15) is 13.2 Å². The molecule has 2 aromatic rings. The lowest BCUT2D eigenvalue weighted by Crippen LogP contribution is -2.40. The molecule has 4 rings (SSSR count). The molecule has 1 N–H and O–H groups in total. The molecule has 1 aliphatic carbocycles. The topological polar surface area (TPSA) is 49.4 Å². The lowest BCUT2D eigenvalue weighted by atomic mass is 9.98. The van der Waals surface area contributed by atoms with Crippen LogP contribution in [0.2, 0.25) is 0 Å². The molecule has 164 valence electrons. The maximum Gasteiger partial charge on any atom is 0.416 e. The van der Waals surface area contributed by atoms with E-state index in [2.05, 4.69) is 5.32 Å². The van der Waals surface area contributed by atoms with E-state index < -0.39 is 11.7 Å². The minimum absolute atomic E-state index is 0.120. The number of nitrogens with zero attached hydrogens (tertiary/aromatic N) is 1. The fraction of sp³-hybridized carbons (Fsp3) is 0.417. The van der Waals surface area contributed by atoms with Crippen LogP contribution in [-0.4, -0.2) is 35.8 Å². The number of carbonyl (C=O) groups excluding carboxylic acids is 2. The maximum absolute atomic E-state index is 13.0. The van der Waals surface area contributed by atoms with E-state index in [0.29, 0.717) is 36.2 Å². The van der Waals surface area contributed by atoms with Crippen LogP contribution in [0.5, 0.6) is 0 Å². The van der Waals surface area contributed by atoms with Gasteiger partial charge in [0, 0.05) is 30.6 Å². The zero-order valence-corrected chi connectivity index (χ0v) is 17.1. The smallest absolute Gasteiger partial charge is 0.347 e. The molecule has 1 atom stereocenters. The lowest BCUT2D eigenvalue weighted by Gasteiger charge is -2.21. The van der Waals surface area contributed by atoms with Crippen LogP contribution in [0.1, 0.15) is 48.0 Å². The molecule has 0 radical (unpaired) electrons. The maximum atomic E-state index is 13.0. The third-order valence-corrected chi connectivity index (χ3v) is 6.23. The van der Waals surface area contributed by atoms with Crippen LogP contribution in [0.15, 0.2) is 48.5 Å². The van der Waals surface area contributed by atoms with E-state index in [1.54, 1.807) is 24.3 Å². The van der Waals surface area contributed by atoms with Crippen LogP contribution >= 0.6 is 0 Å². The molecule has 2 fully saturated rings. The highest BCUT2D eigenvalue weighted by Gasteiger charge is 2.33. The van der Waals surface area contributed by atoms with Gasteiger partial charge in [0.1, 0.15) is 0 Å². The van der Waals surface area contributed by atoms with Crippen molar-refractivity contribution in [2.24, 2.45) is 5.92 Å². The molecule has 0 spiro atoms. The predicted octanol–water partition coefficient (Wildman–Crippen LogP) is 4.89. The van der Waals surface area contributed by atoms with Crippen LogP contribution in [0, 0.1) is 5.92 Å². The average molecular weight is 430 g/mol. The molecule has 1 heterocycles. The monoisotopic (exact) mass is 430 g/mol. The van der Waals surface area contributed by atoms with Gasteiger partial charge in [-0.05, 0) is 48.6 Å². The number of hydrogen-bond donors (Lipinski definition) is 1. The Kier molecular flexibility index (Phi) is 6.03. The summed E-state index contributed by atoms with van der Waals surface area (Å²) in [5.74, 6) is 0.0323. The van der Waals surface area contributed by atoms with Gasteiger partial charge in [0.15, 0.2) is 0 Å². The number of rotatable bonds is 4. The average Bonchev–Trinajstić information content (AvgIpc) is 3.45. The van der Waals surface area contributed by atoms with Crippen molar-refractivity contribution in [3.05, 3.63) is 59.7 Å². The number of halogens is 3. The summed E-state index contributed by atoms with van der Waals surface area (Å²) in [7, 11) is 0. The summed E-state index contributed by atoms with van der Waals surface area (Å²) >= 11 is 0. The molecule has 0 aromatic heterocycles. The second-order valence-electron chi connectivity index (χ2n) is 8.35. The summed E-state index contributed by atoms with van der Waals surface area (Å²) in [5, 5.41) is 3.00. The first-order valence-corrected chi connectivity index (χ1v) is 10.7. The molecule has 1 aliphatic heterocycles. The molecule has 2 aliphatic rings. The number of likely N-dealkylation sites (tertiary alicyclic amines) is 1. The van der Waals surface area contributed by atoms with E-state index in [1.165, 1.54) is 12.1 Å². The van der Waals surface area contributed by atoms with Gasteiger partial charge in [-0.3, -0.25) is 9.59 Å². The minimum Gasteiger partial charge on any atom is -0.347 e. The van der Waals surface area contributed by atoms with E-state index in [1.807, 2.05) is 4.90 Å². The van der Waals surface area contributed by atoms with Gasteiger partial charge < -0.3 is 10.2 Å². The second kappa shape index (κ2) is 8.73. The Morgan fingerprint density at radius 1 is 0.935 bits per heavy atom. The highest BCUT2D eigenvalue weighted by atomic mass is 19.4. The van der Waals surface area contributed by atoms with Crippen LogP contribution < -0.4 is 5.32 Å². The van der Waals surface area contributed by atoms with Crippen LogP contribution in [0.4, 0.5) is 13.2 Å². The Labute approximate surface area is 179 Å². The third-order valence-electron chi connectivity index (χ3n) is 6.23. The van der Waals surface area contributed by atoms with E-state index in [9.17, 15) is 22.8 Å². The third kappa shape index (κ3) is 4.75. The predicted molar refractivity (Wildman–Crippen MR) is 111 cm³/mol. The molecule has 31 heavy (non-hydrogen) atoms. The molecule has 1 saturated heterocycles. The van der Waals surface area contributed by atoms with Crippen molar-refractivity contribution >= 4 is 11.8 Å². The molecule has 0 bridgehead atoms. The summed E-state index contributed by atoms with van der Waals surface area (Å²) in [6.45, 7) is 1.14. The van der Waals surface area contributed by atoms with Crippen molar-refractivity contribution in [3.8, 4) is 11.1 Å². The second-order valence-corrected chi connectivity index (χ2v) is 8.35. The summed E-state index contributed by atoms with van der Waals surface area (Å²) in [6, 6.07) is 11.5. The van der Waals surface area contributed by atoms with Gasteiger partial charge in [-0.15, -0.1) is 0 Å². The van der Waals surface area contributed by atoms with Crippen molar-refractivity contribution in [2.75, 3.05) is 13.1 Å². The number of hydrogen-bond acceptors (Lipinski definition) is 2. The molecule has 2 amide bonds. The number of benzene rings is 2. The zero-order chi connectivity index (χ0) is 22.0. The number of nitrogens with one attached hydrogen (secondary N) is 1. The quantitative estimate of drug-likeness (QED) is 0.751. The molecule has 4 nitrogen and oxygen atoms in total. The number of carbonyl (C=O) groups is 2. The summed E-state index contributed by atoms with van der Waals surface area (Å²) in [6.07, 6.45) is 0.405. The van der Waals surface area contributed by atoms with E-state index >= 15 is 0 Å². The highest BCUT2D eigenvalue weighted by molar-refractivity contribution is 6.01. The Morgan fingerprint density at radius 3 is 2.29 bits per heavy atom. The Morgan fingerprint density at radius 2 is 1.61 bits per heavy atom. The van der Waals surface area contributed by atoms with E-state index in [-0.39, 0.29) is 23.8 Å². The van der Waals surface area contributed by atoms with Crippen LogP contribution in [0.25, 0.3) is 11.1 Å². The molecule has 1 unspecified atom stereocenters.